The molecular weight excluding hydrogens is 270 g/mol. The molecule has 1 aliphatic rings. The molecule has 1 saturated heterocycles. The van der Waals surface area contributed by atoms with Gasteiger partial charge in [0.25, 0.3) is 5.91 Å². The number of carbonyl (C=O) groups excluding carboxylic acids is 3. The zero-order valence-corrected chi connectivity index (χ0v) is 12.2. The van der Waals surface area contributed by atoms with E-state index >= 15 is 0 Å². The first-order valence-electron chi connectivity index (χ1n) is 6.92. The number of nitrogens with one attached hydrogen (secondary N) is 2. The molecule has 6 heteroatoms. The summed E-state index contributed by atoms with van der Waals surface area (Å²) in [6, 6.07) is 6.53. The van der Waals surface area contributed by atoms with Crippen LogP contribution in [0.25, 0.3) is 0 Å². The van der Waals surface area contributed by atoms with Crippen LogP contribution in [0.4, 0.5) is 4.79 Å². The van der Waals surface area contributed by atoms with Crippen molar-refractivity contribution in [3.63, 3.8) is 0 Å². The molecule has 2 rings (SSSR count). The Morgan fingerprint density at radius 2 is 1.95 bits per heavy atom. The topological polar surface area (TPSA) is 78.5 Å². The molecular formula is C15H19N3O3. The third-order valence-corrected chi connectivity index (χ3v) is 3.16. The lowest BCUT2D eigenvalue weighted by atomic mass is 10.1. The number of benzene rings is 1. The highest BCUT2D eigenvalue weighted by Crippen LogP contribution is 2.10. The van der Waals surface area contributed by atoms with E-state index in [4.69, 9.17) is 0 Å². The molecule has 1 aromatic rings. The number of carbonyl (C=O) groups is 3. The minimum atomic E-state index is -0.376. The summed E-state index contributed by atoms with van der Waals surface area (Å²) in [5.74, 6) is 0.0388. The lowest BCUT2D eigenvalue weighted by molar-refractivity contribution is -0.125. The molecule has 0 atom stereocenters. The summed E-state index contributed by atoms with van der Waals surface area (Å²) >= 11 is 0. The smallest absolute Gasteiger partial charge is 0.324 e. The molecule has 4 amide bonds. The van der Waals surface area contributed by atoms with Gasteiger partial charge in [-0.1, -0.05) is 26.0 Å². The van der Waals surface area contributed by atoms with E-state index in [9.17, 15) is 14.4 Å². The minimum absolute atomic E-state index is 0.0501. The highest BCUT2D eigenvalue weighted by atomic mass is 16.2. The number of amides is 4. The van der Waals surface area contributed by atoms with Crippen molar-refractivity contribution in [2.45, 2.75) is 20.4 Å². The fourth-order valence-electron chi connectivity index (χ4n) is 1.96. The molecule has 1 fully saturated rings. The van der Waals surface area contributed by atoms with E-state index in [0.717, 1.165) is 10.5 Å². The Balaban J connectivity index is 1.97. The quantitative estimate of drug-likeness (QED) is 0.797. The average Bonchev–Trinajstić information content (AvgIpc) is 2.77. The van der Waals surface area contributed by atoms with Gasteiger partial charge < -0.3 is 10.6 Å². The van der Waals surface area contributed by atoms with Crippen molar-refractivity contribution in [1.82, 2.24) is 15.5 Å². The molecule has 0 aliphatic carbocycles. The van der Waals surface area contributed by atoms with E-state index in [1.165, 1.54) is 0 Å². The molecule has 0 aromatic heterocycles. The van der Waals surface area contributed by atoms with Crippen molar-refractivity contribution in [2.24, 2.45) is 5.92 Å². The maximum Gasteiger partial charge on any atom is 0.324 e. The van der Waals surface area contributed by atoms with Crippen LogP contribution in [0.15, 0.2) is 24.3 Å². The Hall–Kier alpha value is -2.37. The lowest BCUT2D eigenvalue weighted by Crippen LogP contribution is -2.30. The molecule has 6 nitrogen and oxygen atoms in total. The second kappa shape index (κ2) is 6.39. The van der Waals surface area contributed by atoms with Gasteiger partial charge in [0.1, 0.15) is 0 Å². The van der Waals surface area contributed by atoms with Gasteiger partial charge in [-0.25, -0.2) is 4.79 Å². The van der Waals surface area contributed by atoms with Gasteiger partial charge in [0.05, 0.1) is 13.1 Å². The van der Waals surface area contributed by atoms with E-state index in [-0.39, 0.29) is 30.9 Å². The summed E-state index contributed by atoms with van der Waals surface area (Å²) in [6.45, 7) is 4.96. The number of nitrogens with zero attached hydrogens (tertiary/aromatic N) is 1. The molecule has 1 heterocycles. The Bertz CT molecular complexity index is 536. The first kappa shape index (κ1) is 15.0. The number of hydrogen-bond acceptors (Lipinski definition) is 3. The summed E-state index contributed by atoms with van der Waals surface area (Å²) in [5.41, 5.74) is 1.37. The number of imide groups is 1. The SMILES string of the molecule is CC(C)CNC(=O)c1ccc(CN2C(=O)CNC2=O)cc1. The Kier molecular flexibility index (Phi) is 4.57. The third kappa shape index (κ3) is 3.81. The van der Waals surface area contributed by atoms with Crippen molar-refractivity contribution in [3.8, 4) is 0 Å². The van der Waals surface area contributed by atoms with Crippen LogP contribution in [-0.2, 0) is 11.3 Å². The van der Waals surface area contributed by atoms with E-state index in [1.807, 2.05) is 13.8 Å². The summed E-state index contributed by atoms with van der Waals surface area (Å²) in [7, 11) is 0. The fraction of sp³-hybridized carbons (Fsp3) is 0.400. The maximum absolute atomic E-state index is 11.9. The monoisotopic (exact) mass is 289 g/mol. The number of urea groups is 1. The summed E-state index contributed by atoms with van der Waals surface area (Å²) in [5, 5.41) is 5.31. The molecule has 1 aromatic carbocycles. The van der Waals surface area contributed by atoms with Gasteiger partial charge in [0.15, 0.2) is 0 Å². The van der Waals surface area contributed by atoms with Gasteiger partial charge in [0, 0.05) is 12.1 Å². The average molecular weight is 289 g/mol. The predicted molar refractivity (Wildman–Crippen MR) is 77.6 cm³/mol. The van der Waals surface area contributed by atoms with Gasteiger partial charge in [0.2, 0.25) is 5.91 Å². The second-order valence-corrected chi connectivity index (χ2v) is 5.44. The van der Waals surface area contributed by atoms with Crippen LogP contribution in [0.1, 0.15) is 29.8 Å². The molecule has 0 bridgehead atoms. The van der Waals surface area contributed by atoms with Gasteiger partial charge >= 0.3 is 6.03 Å². The van der Waals surface area contributed by atoms with Crippen molar-refractivity contribution in [1.29, 1.82) is 0 Å². The molecule has 1 aliphatic heterocycles. The van der Waals surface area contributed by atoms with Crippen LogP contribution in [0.3, 0.4) is 0 Å². The zero-order valence-electron chi connectivity index (χ0n) is 12.2. The predicted octanol–water partition coefficient (Wildman–Crippen LogP) is 1.12. The van der Waals surface area contributed by atoms with Crippen LogP contribution in [0.2, 0.25) is 0 Å². The Labute approximate surface area is 123 Å². The number of hydrogen-bond donors (Lipinski definition) is 2. The molecule has 0 unspecified atom stereocenters. The maximum atomic E-state index is 11.9. The lowest BCUT2D eigenvalue weighted by Gasteiger charge is -2.13. The van der Waals surface area contributed by atoms with Crippen molar-refractivity contribution in [3.05, 3.63) is 35.4 Å². The van der Waals surface area contributed by atoms with Crippen LogP contribution in [0, 0.1) is 5.92 Å². The van der Waals surface area contributed by atoms with Crippen molar-refractivity contribution < 1.29 is 14.4 Å². The van der Waals surface area contributed by atoms with Gasteiger partial charge in [-0.3, -0.25) is 14.5 Å². The zero-order chi connectivity index (χ0) is 15.4. The highest BCUT2D eigenvalue weighted by molar-refractivity contribution is 6.01. The second-order valence-electron chi connectivity index (χ2n) is 5.44. The Morgan fingerprint density at radius 3 is 2.48 bits per heavy atom. The van der Waals surface area contributed by atoms with E-state index < -0.39 is 0 Å². The summed E-state index contributed by atoms with van der Waals surface area (Å²) < 4.78 is 0. The van der Waals surface area contributed by atoms with Gasteiger partial charge in [-0.2, -0.15) is 0 Å². The van der Waals surface area contributed by atoms with Gasteiger partial charge in [-0.05, 0) is 23.6 Å². The molecule has 0 spiro atoms. The molecule has 21 heavy (non-hydrogen) atoms. The van der Waals surface area contributed by atoms with Crippen molar-refractivity contribution in [2.75, 3.05) is 13.1 Å². The van der Waals surface area contributed by atoms with E-state index in [2.05, 4.69) is 10.6 Å². The first-order valence-corrected chi connectivity index (χ1v) is 6.92. The third-order valence-electron chi connectivity index (χ3n) is 3.16. The molecule has 2 N–H and O–H groups in total. The number of rotatable bonds is 5. The van der Waals surface area contributed by atoms with E-state index in [0.29, 0.717) is 18.0 Å². The van der Waals surface area contributed by atoms with Crippen LogP contribution in [0.5, 0.6) is 0 Å². The largest absolute Gasteiger partial charge is 0.352 e. The van der Waals surface area contributed by atoms with E-state index in [1.54, 1.807) is 24.3 Å². The fourth-order valence-corrected chi connectivity index (χ4v) is 1.96. The highest BCUT2D eigenvalue weighted by Gasteiger charge is 2.28. The molecule has 112 valence electrons. The normalized spacial score (nSPS) is 14.5. The van der Waals surface area contributed by atoms with Crippen molar-refractivity contribution >= 4 is 17.8 Å². The van der Waals surface area contributed by atoms with Gasteiger partial charge in [-0.15, -0.1) is 0 Å². The van der Waals surface area contributed by atoms with Crippen LogP contribution in [-0.4, -0.2) is 35.8 Å². The molecule has 0 radical (unpaired) electrons. The Morgan fingerprint density at radius 1 is 1.29 bits per heavy atom. The molecule has 0 saturated carbocycles. The summed E-state index contributed by atoms with van der Waals surface area (Å²) in [6.07, 6.45) is 0. The first-order chi connectivity index (χ1) is 9.97. The summed E-state index contributed by atoms with van der Waals surface area (Å²) in [4.78, 5) is 36.0. The minimum Gasteiger partial charge on any atom is -0.352 e. The van der Waals surface area contributed by atoms with Crippen LogP contribution < -0.4 is 10.6 Å². The van der Waals surface area contributed by atoms with Crippen LogP contribution >= 0.6 is 0 Å². The standard InChI is InChI=1S/C15H19N3O3/c1-10(2)7-16-14(20)12-5-3-11(4-6-12)9-18-13(19)8-17-15(18)21/h3-6,10H,7-9H2,1-2H3,(H,16,20)(H,17,21).